The van der Waals surface area contributed by atoms with Crippen LogP contribution in [0, 0.1) is 11.3 Å². The van der Waals surface area contributed by atoms with Crippen LogP contribution in [0.15, 0.2) is 28.7 Å². The van der Waals surface area contributed by atoms with E-state index in [1.807, 2.05) is 29.2 Å². The molecule has 1 aromatic heterocycles. The first kappa shape index (κ1) is 13.1. The Balaban J connectivity index is 1.96. The molecule has 20 heavy (non-hydrogen) atoms. The smallest absolute Gasteiger partial charge is 0.207 e. The van der Waals surface area contributed by atoms with Gasteiger partial charge in [0.15, 0.2) is 5.82 Å². The molecule has 0 radical (unpaired) electrons. The molecule has 0 aliphatic carbocycles. The first-order chi connectivity index (χ1) is 9.78. The number of ether oxygens (including phenoxy) is 1. The number of aromatic nitrogens is 3. The maximum atomic E-state index is 9.22. The van der Waals surface area contributed by atoms with Gasteiger partial charge in [-0.15, -0.1) is 15.0 Å². The maximum Gasteiger partial charge on any atom is 0.207 e. The molecule has 0 spiro atoms. The van der Waals surface area contributed by atoms with Crippen molar-refractivity contribution in [2.24, 2.45) is 0 Å². The average molecular weight is 334 g/mol. The largest absolute Gasteiger partial charge is 0.378 e. The van der Waals surface area contributed by atoms with Crippen molar-refractivity contribution in [2.45, 2.75) is 0 Å². The molecule has 0 unspecified atom stereocenters. The van der Waals surface area contributed by atoms with Crippen LogP contribution >= 0.6 is 15.9 Å². The molecule has 1 aliphatic heterocycles. The number of benzene rings is 1. The molecular formula is C13H12BrN5O. The van der Waals surface area contributed by atoms with Crippen molar-refractivity contribution >= 4 is 21.7 Å². The zero-order valence-corrected chi connectivity index (χ0v) is 12.2. The van der Waals surface area contributed by atoms with E-state index in [1.54, 1.807) is 0 Å². The predicted molar refractivity (Wildman–Crippen MR) is 76.8 cm³/mol. The molecule has 0 atom stereocenters. The van der Waals surface area contributed by atoms with Crippen LogP contribution in [-0.4, -0.2) is 41.3 Å². The number of nitriles is 1. The van der Waals surface area contributed by atoms with Gasteiger partial charge in [-0.1, -0.05) is 15.9 Å². The summed E-state index contributed by atoms with van der Waals surface area (Å²) in [6.45, 7) is 2.76. The van der Waals surface area contributed by atoms with Crippen molar-refractivity contribution in [2.75, 3.05) is 31.2 Å². The lowest BCUT2D eigenvalue weighted by atomic mass is 10.3. The molecule has 0 N–H and O–H groups in total. The lowest BCUT2D eigenvalue weighted by Gasteiger charge is -2.26. The van der Waals surface area contributed by atoms with Crippen molar-refractivity contribution < 1.29 is 4.74 Å². The Morgan fingerprint density at radius 3 is 2.50 bits per heavy atom. The molecule has 102 valence electrons. The molecule has 1 fully saturated rings. The number of halogens is 1. The van der Waals surface area contributed by atoms with Crippen molar-refractivity contribution in [1.82, 2.24) is 15.0 Å². The van der Waals surface area contributed by atoms with Gasteiger partial charge >= 0.3 is 0 Å². The highest BCUT2D eigenvalue weighted by Crippen LogP contribution is 2.19. The van der Waals surface area contributed by atoms with Crippen molar-refractivity contribution in [3.05, 3.63) is 34.4 Å². The number of nitrogens with zero attached hydrogens (tertiary/aromatic N) is 5. The second-order valence-electron chi connectivity index (χ2n) is 4.35. The van der Waals surface area contributed by atoms with Gasteiger partial charge in [0.25, 0.3) is 0 Å². The summed E-state index contributed by atoms with van der Waals surface area (Å²) in [7, 11) is 0. The van der Waals surface area contributed by atoms with E-state index in [2.05, 4.69) is 32.2 Å². The number of anilines is 1. The fraction of sp³-hybridized carbons (Fsp3) is 0.308. The maximum absolute atomic E-state index is 9.22. The van der Waals surface area contributed by atoms with Crippen LogP contribution in [-0.2, 0) is 4.74 Å². The Bertz CT molecular complexity index is 640. The fourth-order valence-electron chi connectivity index (χ4n) is 2.05. The third-order valence-corrected chi connectivity index (χ3v) is 3.60. The van der Waals surface area contributed by atoms with Crippen LogP contribution < -0.4 is 4.90 Å². The highest BCUT2D eigenvalue weighted by Gasteiger charge is 2.20. The number of hydrogen-bond acceptors (Lipinski definition) is 5. The van der Waals surface area contributed by atoms with Gasteiger partial charge in [-0.05, 0) is 24.3 Å². The fourth-order valence-corrected chi connectivity index (χ4v) is 2.31. The Hall–Kier alpha value is -1.91. The highest BCUT2D eigenvalue weighted by molar-refractivity contribution is 9.10. The number of hydrogen-bond donors (Lipinski definition) is 0. The van der Waals surface area contributed by atoms with Gasteiger partial charge in [-0.3, -0.25) is 0 Å². The Morgan fingerprint density at radius 2 is 1.85 bits per heavy atom. The molecule has 0 bridgehead atoms. The summed E-state index contributed by atoms with van der Waals surface area (Å²) in [6.07, 6.45) is 0. The van der Waals surface area contributed by atoms with Crippen molar-refractivity contribution in [1.29, 1.82) is 5.26 Å². The Morgan fingerprint density at radius 1 is 1.15 bits per heavy atom. The van der Waals surface area contributed by atoms with E-state index in [1.165, 1.54) is 4.80 Å². The lowest BCUT2D eigenvalue weighted by molar-refractivity contribution is 0.122. The van der Waals surface area contributed by atoms with Gasteiger partial charge in [0.2, 0.25) is 5.69 Å². The molecule has 1 saturated heterocycles. The Kier molecular flexibility index (Phi) is 3.67. The normalized spacial score (nSPS) is 15.1. The lowest BCUT2D eigenvalue weighted by Crippen LogP contribution is -2.37. The van der Waals surface area contributed by atoms with E-state index >= 15 is 0 Å². The van der Waals surface area contributed by atoms with E-state index in [4.69, 9.17) is 4.74 Å². The monoisotopic (exact) mass is 333 g/mol. The van der Waals surface area contributed by atoms with Gasteiger partial charge < -0.3 is 9.64 Å². The van der Waals surface area contributed by atoms with Crippen LogP contribution in [0.2, 0.25) is 0 Å². The molecule has 1 aromatic carbocycles. The third-order valence-electron chi connectivity index (χ3n) is 3.07. The topological polar surface area (TPSA) is 67.0 Å². The van der Waals surface area contributed by atoms with Crippen LogP contribution in [0.5, 0.6) is 0 Å². The third kappa shape index (κ3) is 2.53. The van der Waals surface area contributed by atoms with Crippen LogP contribution in [0.1, 0.15) is 5.69 Å². The summed E-state index contributed by atoms with van der Waals surface area (Å²) in [6, 6.07) is 9.73. The molecule has 2 aromatic rings. The summed E-state index contributed by atoms with van der Waals surface area (Å²) in [5.41, 5.74) is 1.17. The quantitative estimate of drug-likeness (QED) is 0.837. The second-order valence-corrected chi connectivity index (χ2v) is 5.26. The van der Waals surface area contributed by atoms with E-state index in [0.717, 1.165) is 23.2 Å². The molecule has 0 amide bonds. The Labute approximate surface area is 124 Å². The van der Waals surface area contributed by atoms with Gasteiger partial charge in [-0.2, -0.15) is 5.26 Å². The SMILES string of the molecule is N#Cc1nn(-c2ccc(Br)cc2)nc1N1CCOCC1. The zero-order chi connectivity index (χ0) is 13.9. The molecule has 7 heteroatoms. The van der Waals surface area contributed by atoms with Crippen molar-refractivity contribution in [3.8, 4) is 11.8 Å². The minimum atomic E-state index is 0.342. The van der Waals surface area contributed by atoms with Gasteiger partial charge in [0, 0.05) is 17.6 Å². The molecule has 6 nitrogen and oxygen atoms in total. The predicted octanol–water partition coefficient (Wildman–Crippen LogP) is 1.74. The first-order valence-electron chi connectivity index (χ1n) is 6.24. The van der Waals surface area contributed by atoms with E-state index in [-0.39, 0.29) is 0 Å². The van der Waals surface area contributed by atoms with Gasteiger partial charge in [-0.25, -0.2) is 0 Å². The van der Waals surface area contributed by atoms with Gasteiger partial charge in [0.1, 0.15) is 6.07 Å². The summed E-state index contributed by atoms with van der Waals surface area (Å²) >= 11 is 3.39. The highest BCUT2D eigenvalue weighted by atomic mass is 79.9. The summed E-state index contributed by atoms with van der Waals surface area (Å²) in [5, 5.41) is 17.9. The molecule has 0 saturated carbocycles. The first-order valence-corrected chi connectivity index (χ1v) is 7.03. The molecule has 2 heterocycles. The standard InChI is InChI=1S/C13H12BrN5O/c14-10-1-3-11(4-2-10)19-16-12(9-15)13(17-19)18-5-7-20-8-6-18/h1-4H,5-8H2. The minimum Gasteiger partial charge on any atom is -0.378 e. The minimum absolute atomic E-state index is 0.342. The van der Waals surface area contributed by atoms with Crippen LogP contribution in [0.3, 0.4) is 0 Å². The summed E-state index contributed by atoms with van der Waals surface area (Å²) in [5.74, 6) is 0.624. The van der Waals surface area contributed by atoms with Crippen molar-refractivity contribution in [3.63, 3.8) is 0 Å². The van der Waals surface area contributed by atoms with Crippen LogP contribution in [0.25, 0.3) is 5.69 Å². The van der Waals surface area contributed by atoms with E-state index in [0.29, 0.717) is 24.7 Å². The van der Waals surface area contributed by atoms with E-state index < -0.39 is 0 Å². The van der Waals surface area contributed by atoms with Gasteiger partial charge in [0.05, 0.1) is 18.9 Å². The number of rotatable bonds is 2. The van der Waals surface area contributed by atoms with Crippen LogP contribution in [0.4, 0.5) is 5.82 Å². The zero-order valence-electron chi connectivity index (χ0n) is 10.7. The molecule has 3 rings (SSSR count). The summed E-state index contributed by atoms with van der Waals surface area (Å²) in [4.78, 5) is 3.53. The second kappa shape index (κ2) is 5.61. The molecule has 1 aliphatic rings. The summed E-state index contributed by atoms with van der Waals surface area (Å²) < 4.78 is 6.30. The molecular weight excluding hydrogens is 322 g/mol. The average Bonchev–Trinajstić information content (AvgIpc) is 2.93. The van der Waals surface area contributed by atoms with E-state index in [9.17, 15) is 5.26 Å². The number of morpholine rings is 1.